The fraction of sp³-hybridized carbons (Fsp3) is 1.00. The van der Waals surface area contributed by atoms with Gasteiger partial charge in [0.15, 0.2) is 0 Å². The van der Waals surface area contributed by atoms with Crippen LogP contribution in [0.5, 0.6) is 0 Å². The summed E-state index contributed by atoms with van der Waals surface area (Å²) in [5.74, 6) is 1.82. The molecule has 13 heavy (non-hydrogen) atoms. The Morgan fingerprint density at radius 3 is 2.15 bits per heavy atom. The molecule has 0 saturated heterocycles. The molecule has 74 valence electrons. The highest BCUT2D eigenvalue weighted by Crippen LogP contribution is 2.60. The lowest BCUT2D eigenvalue weighted by atomic mass is 9.47. The molecule has 2 nitrogen and oxygen atoms in total. The average Bonchev–Trinajstić information content (AvgIpc) is 1.99. The van der Waals surface area contributed by atoms with Gasteiger partial charge < -0.3 is 11.5 Å². The molecule has 4 N–H and O–H groups in total. The minimum atomic E-state index is 0.184. The third kappa shape index (κ3) is 1.08. The summed E-state index contributed by atoms with van der Waals surface area (Å²) in [6, 6.07) is 0. The first-order valence-electron chi connectivity index (χ1n) is 5.62. The normalized spacial score (nSPS) is 58.6. The van der Waals surface area contributed by atoms with Crippen molar-refractivity contribution in [2.24, 2.45) is 28.7 Å². The number of hydrogen-bond acceptors (Lipinski definition) is 2. The largest absolute Gasteiger partial charge is 0.330 e. The summed E-state index contributed by atoms with van der Waals surface area (Å²) >= 11 is 0. The van der Waals surface area contributed by atoms with Crippen molar-refractivity contribution in [1.82, 2.24) is 0 Å². The van der Waals surface area contributed by atoms with Crippen molar-refractivity contribution in [3.05, 3.63) is 0 Å². The fourth-order valence-electron chi connectivity index (χ4n) is 4.76. The van der Waals surface area contributed by atoms with E-state index in [9.17, 15) is 0 Å². The Morgan fingerprint density at radius 1 is 1.08 bits per heavy atom. The van der Waals surface area contributed by atoms with E-state index in [1.54, 1.807) is 0 Å². The second-order valence-electron chi connectivity index (χ2n) is 6.03. The molecule has 4 saturated carbocycles. The lowest BCUT2D eigenvalue weighted by molar-refractivity contribution is -0.0615. The van der Waals surface area contributed by atoms with E-state index in [4.69, 9.17) is 11.5 Å². The Labute approximate surface area is 80.1 Å². The molecule has 0 heterocycles. The highest BCUT2D eigenvalue weighted by Gasteiger charge is 2.55. The molecule has 0 spiro atoms. The molecule has 2 unspecified atom stereocenters. The number of nitrogens with two attached hydrogens (primary N) is 2. The van der Waals surface area contributed by atoms with Crippen LogP contribution < -0.4 is 11.5 Å². The standard InChI is InChI=1S/C11H20N2/c12-7-10-2-8-1-9(3-10)5-11(13,4-8)6-10/h8-9H,1-7,12-13H2/t8-,9+,10?,11?. The van der Waals surface area contributed by atoms with Gasteiger partial charge >= 0.3 is 0 Å². The van der Waals surface area contributed by atoms with Gasteiger partial charge in [0.1, 0.15) is 0 Å². The summed E-state index contributed by atoms with van der Waals surface area (Å²) in [7, 11) is 0. The molecule has 2 heteroatoms. The van der Waals surface area contributed by atoms with E-state index in [0.29, 0.717) is 5.41 Å². The summed E-state index contributed by atoms with van der Waals surface area (Å²) in [5.41, 5.74) is 13.0. The van der Waals surface area contributed by atoms with E-state index in [0.717, 1.165) is 18.4 Å². The highest BCUT2D eigenvalue weighted by atomic mass is 14.8. The third-order valence-corrected chi connectivity index (χ3v) is 4.66. The molecule has 4 atom stereocenters. The maximum atomic E-state index is 6.43. The Morgan fingerprint density at radius 2 is 1.69 bits per heavy atom. The average molecular weight is 180 g/mol. The van der Waals surface area contributed by atoms with Crippen LogP contribution in [0.1, 0.15) is 38.5 Å². The summed E-state index contributed by atoms with van der Waals surface area (Å²) in [5, 5.41) is 0. The molecule has 0 aromatic heterocycles. The summed E-state index contributed by atoms with van der Waals surface area (Å²) in [4.78, 5) is 0. The van der Waals surface area contributed by atoms with E-state index in [2.05, 4.69) is 0 Å². The Kier molecular flexibility index (Phi) is 1.45. The molecule has 0 radical (unpaired) electrons. The van der Waals surface area contributed by atoms with Crippen LogP contribution in [0.3, 0.4) is 0 Å². The molecule has 4 aliphatic carbocycles. The van der Waals surface area contributed by atoms with Gasteiger partial charge in [-0.15, -0.1) is 0 Å². The second kappa shape index (κ2) is 2.29. The maximum Gasteiger partial charge on any atom is 0.0165 e. The molecule has 0 amide bonds. The predicted octanol–water partition coefficient (Wildman–Crippen LogP) is 1.24. The molecule has 4 rings (SSSR count). The molecular formula is C11H20N2. The smallest absolute Gasteiger partial charge is 0.0165 e. The van der Waals surface area contributed by atoms with Crippen LogP contribution in [0.25, 0.3) is 0 Å². The van der Waals surface area contributed by atoms with Crippen molar-refractivity contribution in [2.45, 2.75) is 44.1 Å². The summed E-state index contributed by atoms with van der Waals surface area (Å²) < 4.78 is 0. The van der Waals surface area contributed by atoms with Crippen molar-refractivity contribution in [3.63, 3.8) is 0 Å². The van der Waals surface area contributed by atoms with Crippen molar-refractivity contribution in [2.75, 3.05) is 6.54 Å². The minimum absolute atomic E-state index is 0.184. The Balaban J connectivity index is 1.95. The molecule has 4 aliphatic rings. The van der Waals surface area contributed by atoms with Gasteiger partial charge in [-0.05, 0) is 62.3 Å². The maximum absolute atomic E-state index is 6.43. The van der Waals surface area contributed by atoms with Crippen molar-refractivity contribution in [3.8, 4) is 0 Å². The zero-order valence-corrected chi connectivity index (χ0v) is 8.26. The van der Waals surface area contributed by atoms with E-state index in [-0.39, 0.29) is 5.54 Å². The quantitative estimate of drug-likeness (QED) is 0.638. The summed E-state index contributed by atoms with van der Waals surface area (Å²) in [6.45, 7) is 0.874. The SMILES string of the molecule is NCC12C[C@@H]3C[C@@H](CC(N)(C3)C1)C2. The molecule has 0 aromatic carbocycles. The fourth-order valence-corrected chi connectivity index (χ4v) is 4.76. The molecule has 0 aromatic rings. The Bertz CT molecular complexity index is 222. The van der Waals surface area contributed by atoms with Crippen LogP contribution in [-0.4, -0.2) is 12.1 Å². The minimum Gasteiger partial charge on any atom is -0.330 e. The number of rotatable bonds is 1. The van der Waals surface area contributed by atoms with Crippen LogP contribution in [0.4, 0.5) is 0 Å². The highest BCUT2D eigenvalue weighted by molar-refractivity contribution is 5.10. The van der Waals surface area contributed by atoms with E-state index in [1.165, 1.54) is 38.5 Å². The van der Waals surface area contributed by atoms with Crippen molar-refractivity contribution < 1.29 is 0 Å². The zero-order chi connectivity index (χ0) is 9.10. The lowest BCUT2D eigenvalue weighted by Gasteiger charge is -2.60. The van der Waals surface area contributed by atoms with E-state index >= 15 is 0 Å². The molecule has 4 fully saturated rings. The van der Waals surface area contributed by atoms with Gasteiger partial charge in [0.2, 0.25) is 0 Å². The van der Waals surface area contributed by atoms with Gasteiger partial charge in [-0.25, -0.2) is 0 Å². The first-order chi connectivity index (χ1) is 6.13. The van der Waals surface area contributed by atoms with Crippen LogP contribution in [0.15, 0.2) is 0 Å². The van der Waals surface area contributed by atoms with Gasteiger partial charge in [-0.3, -0.25) is 0 Å². The van der Waals surface area contributed by atoms with Crippen molar-refractivity contribution >= 4 is 0 Å². The monoisotopic (exact) mass is 180 g/mol. The van der Waals surface area contributed by atoms with Crippen LogP contribution in [0.2, 0.25) is 0 Å². The van der Waals surface area contributed by atoms with E-state index in [1.807, 2.05) is 0 Å². The molecule has 0 aliphatic heterocycles. The van der Waals surface area contributed by atoms with Gasteiger partial charge in [0, 0.05) is 5.54 Å². The van der Waals surface area contributed by atoms with Gasteiger partial charge in [-0.2, -0.15) is 0 Å². The van der Waals surface area contributed by atoms with Crippen LogP contribution >= 0.6 is 0 Å². The zero-order valence-electron chi connectivity index (χ0n) is 8.26. The summed E-state index contributed by atoms with van der Waals surface area (Å²) in [6.07, 6.45) is 7.97. The van der Waals surface area contributed by atoms with Gasteiger partial charge in [0.05, 0.1) is 0 Å². The predicted molar refractivity (Wildman–Crippen MR) is 53.1 cm³/mol. The van der Waals surface area contributed by atoms with Crippen LogP contribution in [0, 0.1) is 17.3 Å². The molecule has 4 bridgehead atoms. The van der Waals surface area contributed by atoms with E-state index < -0.39 is 0 Å². The Hall–Kier alpha value is -0.0800. The van der Waals surface area contributed by atoms with Crippen LogP contribution in [-0.2, 0) is 0 Å². The van der Waals surface area contributed by atoms with Gasteiger partial charge in [0.25, 0.3) is 0 Å². The first kappa shape index (κ1) is 8.25. The molecular weight excluding hydrogens is 160 g/mol. The second-order valence-corrected chi connectivity index (χ2v) is 6.03. The van der Waals surface area contributed by atoms with Gasteiger partial charge in [-0.1, -0.05) is 0 Å². The number of hydrogen-bond donors (Lipinski definition) is 2. The topological polar surface area (TPSA) is 52.0 Å². The van der Waals surface area contributed by atoms with Crippen molar-refractivity contribution in [1.29, 1.82) is 0 Å². The first-order valence-corrected chi connectivity index (χ1v) is 5.62. The lowest BCUT2D eigenvalue weighted by Crippen LogP contribution is -2.61. The third-order valence-electron chi connectivity index (χ3n) is 4.66.